The van der Waals surface area contributed by atoms with E-state index in [0.717, 1.165) is 10.1 Å². The predicted octanol–water partition coefficient (Wildman–Crippen LogP) is 1.16. The molecule has 24 heavy (non-hydrogen) atoms. The Balaban J connectivity index is 2.52. The molecule has 1 N–H and O–H groups in total. The molecule has 1 amide bonds. The van der Waals surface area contributed by atoms with Gasteiger partial charge in [0.15, 0.2) is 0 Å². The van der Waals surface area contributed by atoms with Crippen LogP contribution in [0.15, 0.2) is 46.3 Å². The lowest BCUT2D eigenvalue weighted by molar-refractivity contribution is -0.112. The van der Waals surface area contributed by atoms with Gasteiger partial charge >= 0.3 is 5.76 Å². The van der Waals surface area contributed by atoms with E-state index in [1.165, 1.54) is 6.08 Å². The topological polar surface area (TPSA) is 106 Å². The second-order valence-corrected chi connectivity index (χ2v) is 5.10. The van der Waals surface area contributed by atoms with Gasteiger partial charge in [-0.1, -0.05) is 22.3 Å². The Labute approximate surface area is 138 Å². The first-order valence-corrected chi connectivity index (χ1v) is 7.15. The Morgan fingerprint density at radius 1 is 1.25 bits per heavy atom. The van der Waals surface area contributed by atoms with E-state index >= 15 is 0 Å². The third-order valence-corrected chi connectivity index (χ3v) is 2.78. The molecule has 2 heterocycles. The number of anilines is 2. The molecular weight excluding hydrogens is 312 g/mol. The number of carbonyl (C=O) groups excluding carboxylic acids is 1. The minimum Gasteiger partial charge on any atom is -0.333 e. The highest BCUT2D eigenvalue weighted by atomic mass is 16.5. The van der Waals surface area contributed by atoms with Crippen molar-refractivity contribution in [1.29, 1.82) is 0 Å². The van der Waals surface area contributed by atoms with Crippen molar-refractivity contribution < 1.29 is 9.32 Å². The smallest absolute Gasteiger partial charge is 0.333 e. The highest BCUT2D eigenvalue weighted by Gasteiger charge is 2.17. The SMILES string of the molecule is C=CCN(CC=C)c1nc(NC(=O)C=C(C)C)n2oc(=O)nc2n1. The highest BCUT2D eigenvalue weighted by molar-refractivity contribution is 5.98. The van der Waals surface area contributed by atoms with Crippen molar-refractivity contribution in [3.05, 3.63) is 47.5 Å². The van der Waals surface area contributed by atoms with Gasteiger partial charge < -0.3 is 9.42 Å². The first kappa shape index (κ1) is 17.1. The standard InChI is InChI=1S/C15H18N6O3/c1-5-7-20(8-6-2)12-17-13(16-11(22)9-10(3)4)21-14(18-12)19-15(23)24-21/h5-6,9H,1-2,7-8H2,3-4H3,(H,16,17,18,19,22,23). The lowest BCUT2D eigenvalue weighted by Crippen LogP contribution is -2.26. The van der Waals surface area contributed by atoms with Crippen LogP contribution in [0.5, 0.6) is 0 Å². The maximum absolute atomic E-state index is 12.0. The molecule has 0 radical (unpaired) electrons. The fourth-order valence-corrected chi connectivity index (χ4v) is 1.91. The average Bonchev–Trinajstić information content (AvgIpc) is 2.86. The molecule has 0 saturated carbocycles. The molecule has 0 aromatic carbocycles. The van der Waals surface area contributed by atoms with Crippen LogP contribution in [-0.4, -0.2) is 38.5 Å². The maximum atomic E-state index is 12.0. The van der Waals surface area contributed by atoms with E-state index in [0.29, 0.717) is 13.1 Å². The van der Waals surface area contributed by atoms with Crippen molar-refractivity contribution in [3.63, 3.8) is 0 Å². The summed E-state index contributed by atoms with van der Waals surface area (Å²) < 4.78 is 5.87. The van der Waals surface area contributed by atoms with Crippen molar-refractivity contribution in [1.82, 2.24) is 19.5 Å². The van der Waals surface area contributed by atoms with E-state index in [1.54, 1.807) is 30.9 Å². The highest BCUT2D eigenvalue weighted by Crippen LogP contribution is 2.14. The van der Waals surface area contributed by atoms with Crippen LogP contribution >= 0.6 is 0 Å². The minimum absolute atomic E-state index is 0.00405. The van der Waals surface area contributed by atoms with E-state index in [4.69, 9.17) is 4.52 Å². The zero-order valence-electron chi connectivity index (χ0n) is 13.5. The molecule has 0 unspecified atom stereocenters. The first-order chi connectivity index (χ1) is 11.4. The van der Waals surface area contributed by atoms with Crippen molar-refractivity contribution in [3.8, 4) is 0 Å². The number of allylic oxidation sites excluding steroid dienone is 1. The van der Waals surface area contributed by atoms with Gasteiger partial charge in [-0.2, -0.15) is 9.97 Å². The third kappa shape index (κ3) is 3.94. The summed E-state index contributed by atoms with van der Waals surface area (Å²) in [6, 6.07) is 0. The fourth-order valence-electron chi connectivity index (χ4n) is 1.91. The molecule has 0 bridgehead atoms. The quantitative estimate of drug-likeness (QED) is 0.600. The Morgan fingerprint density at radius 2 is 1.92 bits per heavy atom. The summed E-state index contributed by atoms with van der Waals surface area (Å²) in [5.41, 5.74) is 0.810. The molecule has 0 aliphatic heterocycles. The summed E-state index contributed by atoms with van der Waals surface area (Å²) in [6.45, 7) is 11.8. The maximum Gasteiger partial charge on any atom is 0.462 e. The summed E-state index contributed by atoms with van der Waals surface area (Å²) >= 11 is 0. The van der Waals surface area contributed by atoms with Crippen LogP contribution in [-0.2, 0) is 4.79 Å². The number of aromatic nitrogens is 4. The number of hydrogen-bond acceptors (Lipinski definition) is 7. The van der Waals surface area contributed by atoms with Crippen molar-refractivity contribution in [2.75, 3.05) is 23.3 Å². The van der Waals surface area contributed by atoms with Gasteiger partial charge in [0.05, 0.1) is 0 Å². The van der Waals surface area contributed by atoms with Gasteiger partial charge in [0.1, 0.15) is 0 Å². The van der Waals surface area contributed by atoms with Gasteiger partial charge in [-0.25, -0.2) is 4.79 Å². The van der Waals surface area contributed by atoms with Crippen molar-refractivity contribution in [2.45, 2.75) is 13.8 Å². The Kier molecular flexibility index (Phi) is 5.25. The van der Waals surface area contributed by atoms with Crippen LogP contribution in [0, 0.1) is 0 Å². The molecule has 0 atom stereocenters. The van der Waals surface area contributed by atoms with Crippen molar-refractivity contribution >= 4 is 23.6 Å². The van der Waals surface area contributed by atoms with E-state index < -0.39 is 11.7 Å². The molecule has 2 aromatic rings. The molecule has 2 aromatic heterocycles. The van der Waals surface area contributed by atoms with Gasteiger partial charge in [0, 0.05) is 19.2 Å². The summed E-state index contributed by atoms with van der Waals surface area (Å²) in [7, 11) is 0. The lowest BCUT2D eigenvalue weighted by atomic mass is 10.3. The van der Waals surface area contributed by atoms with Crippen LogP contribution in [0.3, 0.4) is 0 Å². The molecule has 126 valence electrons. The van der Waals surface area contributed by atoms with Gasteiger partial charge in [-0.15, -0.1) is 18.1 Å². The molecule has 2 rings (SSSR count). The molecular formula is C15H18N6O3. The minimum atomic E-state index is -0.835. The van der Waals surface area contributed by atoms with Gasteiger partial charge in [0.25, 0.3) is 17.6 Å². The van der Waals surface area contributed by atoms with E-state index in [9.17, 15) is 9.59 Å². The Morgan fingerprint density at radius 3 is 2.50 bits per heavy atom. The molecule has 0 saturated heterocycles. The number of nitrogens with one attached hydrogen (secondary N) is 1. The largest absolute Gasteiger partial charge is 0.462 e. The fraction of sp³-hybridized carbons (Fsp3) is 0.267. The third-order valence-electron chi connectivity index (χ3n) is 2.78. The lowest BCUT2D eigenvalue weighted by Gasteiger charge is -2.19. The molecule has 9 nitrogen and oxygen atoms in total. The van der Waals surface area contributed by atoms with Gasteiger partial charge in [-0.3, -0.25) is 10.1 Å². The van der Waals surface area contributed by atoms with E-state index in [-0.39, 0.29) is 17.7 Å². The van der Waals surface area contributed by atoms with Gasteiger partial charge in [0.2, 0.25) is 5.95 Å². The number of rotatable bonds is 7. The first-order valence-electron chi connectivity index (χ1n) is 7.15. The Bertz CT molecular complexity index is 850. The number of fused-ring (bicyclic) bond motifs is 1. The van der Waals surface area contributed by atoms with Crippen LogP contribution in [0.4, 0.5) is 11.9 Å². The summed E-state index contributed by atoms with van der Waals surface area (Å²) in [5, 5.41) is 2.55. The number of amides is 1. The van der Waals surface area contributed by atoms with Crippen molar-refractivity contribution in [2.24, 2.45) is 0 Å². The van der Waals surface area contributed by atoms with Crippen LogP contribution in [0.2, 0.25) is 0 Å². The molecule has 0 aliphatic carbocycles. The van der Waals surface area contributed by atoms with Gasteiger partial charge in [-0.05, 0) is 13.8 Å². The van der Waals surface area contributed by atoms with E-state index in [1.807, 2.05) is 0 Å². The molecule has 0 spiro atoms. The zero-order valence-corrected chi connectivity index (χ0v) is 13.5. The molecule has 9 heteroatoms. The monoisotopic (exact) mass is 330 g/mol. The Hall–Kier alpha value is -3.23. The predicted molar refractivity (Wildman–Crippen MR) is 90.0 cm³/mol. The molecule has 0 fully saturated rings. The summed E-state index contributed by atoms with van der Waals surface area (Å²) in [4.78, 5) is 37.2. The summed E-state index contributed by atoms with van der Waals surface area (Å²) in [6.07, 6.45) is 4.74. The second-order valence-electron chi connectivity index (χ2n) is 5.10. The summed E-state index contributed by atoms with van der Waals surface area (Å²) in [5.74, 6) is -0.981. The average molecular weight is 330 g/mol. The second kappa shape index (κ2) is 7.36. The van der Waals surface area contributed by atoms with Crippen LogP contribution in [0.1, 0.15) is 13.8 Å². The number of carbonyl (C=O) groups is 1. The molecule has 0 aliphatic rings. The van der Waals surface area contributed by atoms with Crippen LogP contribution in [0.25, 0.3) is 5.78 Å². The van der Waals surface area contributed by atoms with Crippen LogP contribution < -0.4 is 16.0 Å². The number of hydrogen-bond donors (Lipinski definition) is 1. The zero-order chi connectivity index (χ0) is 17.7. The van der Waals surface area contributed by atoms with E-state index in [2.05, 4.69) is 33.4 Å². The normalized spacial score (nSPS) is 10.2. The number of nitrogens with zero attached hydrogens (tertiary/aromatic N) is 5.